The summed E-state index contributed by atoms with van der Waals surface area (Å²) in [5.74, 6) is 0.346. The molecule has 3 saturated heterocycles. The second-order valence-electron chi connectivity index (χ2n) is 5.30. The van der Waals surface area contributed by atoms with Crippen LogP contribution in [0.3, 0.4) is 0 Å². The zero-order valence-electron chi connectivity index (χ0n) is 10.3. The van der Waals surface area contributed by atoms with Gasteiger partial charge >= 0.3 is 0 Å². The lowest BCUT2D eigenvalue weighted by Crippen LogP contribution is -2.47. The zero-order valence-corrected chi connectivity index (χ0v) is 10.3. The number of nitrogens with zero attached hydrogens (tertiary/aromatic N) is 2. The fourth-order valence-corrected chi connectivity index (χ4v) is 3.13. The van der Waals surface area contributed by atoms with Gasteiger partial charge in [-0.1, -0.05) is 0 Å². The summed E-state index contributed by atoms with van der Waals surface area (Å²) in [6, 6.07) is 0. The number of fused-ring (bicyclic) bond motifs is 2. The average Bonchev–Trinajstić information content (AvgIpc) is 2.65. The van der Waals surface area contributed by atoms with E-state index in [9.17, 15) is 4.79 Å². The van der Waals surface area contributed by atoms with E-state index in [0.717, 1.165) is 32.6 Å². The molecule has 5 nitrogen and oxygen atoms in total. The predicted molar refractivity (Wildman–Crippen MR) is 61.7 cm³/mol. The van der Waals surface area contributed by atoms with Crippen LogP contribution in [0, 0.1) is 5.92 Å². The van der Waals surface area contributed by atoms with E-state index in [-0.39, 0.29) is 24.0 Å². The molecular formula is C12H20N2O3. The van der Waals surface area contributed by atoms with E-state index >= 15 is 0 Å². The van der Waals surface area contributed by atoms with Gasteiger partial charge in [-0.15, -0.1) is 0 Å². The third kappa shape index (κ3) is 2.19. The molecule has 2 bridgehead atoms. The first kappa shape index (κ1) is 11.4. The highest BCUT2D eigenvalue weighted by Crippen LogP contribution is 2.32. The highest BCUT2D eigenvalue weighted by molar-refractivity contribution is 5.80. The molecule has 0 saturated carbocycles. The van der Waals surface area contributed by atoms with Gasteiger partial charge in [-0.25, -0.2) is 0 Å². The number of carbonyl (C=O) groups is 1. The van der Waals surface area contributed by atoms with Gasteiger partial charge in [0.1, 0.15) is 0 Å². The molecule has 3 heterocycles. The molecule has 0 aliphatic carbocycles. The Labute approximate surface area is 102 Å². The molecule has 0 aromatic carbocycles. The molecule has 3 fully saturated rings. The summed E-state index contributed by atoms with van der Waals surface area (Å²) >= 11 is 0. The lowest BCUT2D eigenvalue weighted by atomic mass is 9.98. The van der Waals surface area contributed by atoms with Crippen molar-refractivity contribution in [2.75, 3.05) is 46.4 Å². The van der Waals surface area contributed by atoms with Crippen molar-refractivity contribution in [3.05, 3.63) is 0 Å². The van der Waals surface area contributed by atoms with Crippen molar-refractivity contribution in [3.8, 4) is 0 Å². The maximum Gasteiger partial charge on any atom is 0.228 e. The molecule has 5 heteroatoms. The smallest absolute Gasteiger partial charge is 0.228 e. The van der Waals surface area contributed by atoms with E-state index in [4.69, 9.17) is 9.47 Å². The van der Waals surface area contributed by atoms with Crippen molar-refractivity contribution in [2.24, 2.45) is 5.92 Å². The van der Waals surface area contributed by atoms with Crippen molar-refractivity contribution >= 4 is 5.91 Å². The lowest BCUT2D eigenvalue weighted by molar-refractivity contribution is -0.142. The minimum Gasteiger partial charge on any atom is -0.378 e. The Morgan fingerprint density at radius 3 is 2.76 bits per heavy atom. The van der Waals surface area contributed by atoms with Gasteiger partial charge in [0, 0.05) is 26.2 Å². The third-order valence-electron chi connectivity index (χ3n) is 3.98. The lowest BCUT2D eigenvalue weighted by Gasteiger charge is -2.32. The molecule has 3 atom stereocenters. The molecule has 0 spiro atoms. The van der Waals surface area contributed by atoms with E-state index in [1.807, 2.05) is 4.90 Å². The molecule has 3 unspecified atom stereocenters. The number of hydrogen-bond donors (Lipinski definition) is 0. The molecule has 0 radical (unpaired) electrons. The molecule has 1 amide bonds. The third-order valence-corrected chi connectivity index (χ3v) is 3.98. The van der Waals surface area contributed by atoms with Gasteiger partial charge in [-0.3, -0.25) is 4.79 Å². The van der Waals surface area contributed by atoms with Gasteiger partial charge in [0.2, 0.25) is 5.91 Å². The van der Waals surface area contributed by atoms with E-state index in [0.29, 0.717) is 13.2 Å². The van der Waals surface area contributed by atoms with Crippen LogP contribution in [0.5, 0.6) is 0 Å². The van der Waals surface area contributed by atoms with Gasteiger partial charge in [0.25, 0.3) is 0 Å². The van der Waals surface area contributed by atoms with Crippen LogP contribution in [0.2, 0.25) is 0 Å². The van der Waals surface area contributed by atoms with E-state index in [1.165, 1.54) is 0 Å². The van der Waals surface area contributed by atoms with Crippen molar-refractivity contribution in [1.82, 2.24) is 9.80 Å². The van der Waals surface area contributed by atoms with Crippen molar-refractivity contribution in [3.63, 3.8) is 0 Å². The summed E-state index contributed by atoms with van der Waals surface area (Å²) in [5, 5.41) is 0. The predicted octanol–water partition coefficient (Wildman–Crippen LogP) is -0.436. The Morgan fingerprint density at radius 1 is 1.24 bits per heavy atom. The highest BCUT2D eigenvalue weighted by atomic mass is 16.5. The molecule has 3 aliphatic rings. The molecular weight excluding hydrogens is 220 g/mol. The minimum absolute atomic E-state index is 0.0723. The number of likely N-dealkylation sites (N-methyl/N-ethyl adjacent to an activating group) is 1. The fourth-order valence-electron chi connectivity index (χ4n) is 3.13. The maximum absolute atomic E-state index is 12.4. The summed E-state index contributed by atoms with van der Waals surface area (Å²) in [6.07, 6.45) is 1.26. The van der Waals surface area contributed by atoms with Crippen LogP contribution in [0.25, 0.3) is 0 Å². The number of amides is 1. The van der Waals surface area contributed by atoms with E-state index in [1.54, 1.807) is 0 Å². The van der Waals surface area contributed by atoms with Crippen LogP contribution in [0.15, 0.2) is 0 Å². The number of hydrogen-bond acceptors (Lipinski definition) is 4. The molecule has 0 aromatic rings. The highest BCUT2D eigenvalue weighted by Gasteiger charge is 2.45. The Morgan fingerprint density at radius 2 is 2.00 bits per heavy atom. The topological polar surface area (TPSA) is 42.0 Å². The number of rotatable bonds is 1. The van der Waals surface area contributed by atoms with Crippen molar-refractivity contribution in [1.29, 1.82) is 0 Å². The van der Waals surface area contributed by atoms with Gasteiger partial charge in [0.05, 0.1) is 31.3 Å². The number of likely N-dealkylation sites (tertiary alicyclic amines) is 1. The Balaban J connectivity index is 1.66. The normalized spacial score (nSPS) is 38.4. The zero-order chi connectivity index (χ0) is 11.8. The average molecular weight is 240 g/mol. The summed E-state index contributed by atoms with van der Waals surface area (Å²) in [7, 11) is 2.10. The van der Waals surface area contributed by atoms with E-state index < -0.39 is 0 Å². The molecule has 3 rings (SSSR count). The first-order valence-electron chi connectivity index (χ1n) is 6.44. The maximum atomic E-state index is 12.4. The van der Waals surface area contributed by atoms with Crippen LogP contribution < -0.4 is 0 Å². The quantitative estimate of drug-likeness (QED) is 0.623. The first-order valence-corrected chi connectivity index (χ1v) is 6.44. The Bertz CT molecular complexity index is 304. The number of carbonyl (C=O) groups excluding carboxylic acids is 1. The van der Waals surface area contributed by atoms with Crippen LogP contribution >= 0.6 is 0 Å². The molecule has 0 aromatic heterocycles. The Kier molecular flexibility index (Phi) is 3.06. The monoisotopic (exact) mass is 240 g/mol. The fraction of sp³-hybridized carbons (Fsp3) is 0.917. The van der Waals surface area contributed by atoms with Crippen LogP contribution in [-0.4, -0.2) is 74.4 Å². The van der Waals surface area contributed by atoms with Crippen LogP contribution in [0.4, 0.5) is 0 Å². The second kappa shape index (κ2) is 4.55. The van der Waals surface area contributed by atoms with Crippen LogP contribution in [-0.2, 0) is 14.3 Å². The van der Waals surface area contributed by atoms with Gasteiger partial charge in [0.15, 0.2) is 0 Å². The Hall–Kier alpha value is -0.650. The standard InChI is InChI=1S/C12H20N2O3/c1-13-7-9-6-10(11(8-13)17-9)12(15)14-2-4-16-5-3-14/h9-11H,2-8H2,1H3. The molecule has 0 N–H and O–H groups in total. The largest absolute Gasteiger partial charge is 0.378 e. The van der Waals surface area contributed by atoms with Crippen molar-refractivity contribution < 1.29 is 14.3 Å². The molecule has 96 valence electrons. The SMILES string of the molecule is CN1CC2CC(C(=O)N3CCOCC3)C(C1)O2. The number of ether oxygens (including phenoxy) is 2. The van der Waals surface area contributed by atoms with Crippen LogP contribution in [0.1, 0.15) is 6.42 Å². The second-order valence-corrected chi connectivity index (χ2v) is 5.30. The van der Waals surface area contributed by atoms with Gasteiger partial charge in [-0.2, -0.15) is 0 Å². The van der Waals surface area contributed by atoms with Gasteiger partial charge in [-0.05, 0) is 13.5 Å². The molecule has 17 heavy (non-hydrogen) atoms. The first-order chi connectivity index (χ1) is 8.24. The summed E-state index contributed by atoms with van der Waals surface area (Å²) in [5.41, 5.74) is 0. The number of morpholine rings is 2. The minimum atomic E-state index is 0.0723. The van der Waals surface area contributed by atoms with Gasteiger partial charge < -0.3 is 19.3 Å². The summed E-state index contributed by atoms with van der Waals surface area (Å²) in [4.78, 5) is 16.6. The van der Waals surface area contributed by atoms with E-state index in [2.05, 4.69) is 11.9 Å². The van der Waals surface area contributed by atoms with Crippen molar-refractivity contribution in [2.45, 2.75) is 18.6 Å². The summed E-state index contributed by atoms with van der Waals surface area (Å²) < 4.78 is 11.2. The summed E-state index contributed by atoms with van der Waals surface area (Å²) in [6.45, 7) is 4.67. The molecule has 3 aliphatic heterocycles.